The van der Waals surface area contributed by atoms with Crippen LogP contribution >= 0.6 is 8.58 Å². The molecule has 0 saturated carbocycles. The third-order valence-corrected chi connectivity index (χ3v) is 4.02. The molecular weight excluding hydrogens is 167 g/mol. The molecule has 1 aliphatic rings. The van der Waals surface area contributed by atoms with Gasteiger partial charge in [-0.05, 0) is 43.2 Å². The molecule has 3 unspecified atom stereocenters. The van der Waals surface area contributed by atoms with E-state index in [0.717, 1.165) is 20.7 Å². The van der Waals surface area contributed by atoms with E-state index < -0.39 is 0 Å². The molecular formula is C10H17OP. The summed E-state index contributed by atoms with van der Waals surface area (Å²) >= 11 is 0. The summed E-state index contributed by atoms with van der Waals surface area (Å²) in [6, 6.07) is 0. The molecule has 0 spiro atoms. The Hall–Kier alpha value is -0.290. The van der Waals surface area contributed by atoms with Gasteiger partial charge < -0.3 is 5.11 Å². The first-order chi connectivity index (χ1) is 5.77. The van der Waals surface area contributed by atoms with Crippen molar-refractivity contribution in [2.45, 2.75) is 25.4 Å². The highest BCUT2D eigenvalue weighted by atomic mass is 31.1. The lowest BCUT2D eigenvalue weighted by molar-refractivity contribution is 0.419. The third kappa shape index (κ3) is 2.35. The minimum atomic E-state index is 0.431. The van der Waals surface area contributed by atoms with E-state index in [4.69, 9.17) is 5.11 Å². The van der Waals surface area contributed by atoms with E-state index in [1.807, 2.05) is 12.2 Å². The zero-order valence-corrected chi connectivity index (χ0v) is 8.75. The van der Waals surface area contributed by atoms with Crippen LogP contribution in [-0.2, 0) is 0 Å². The minimum Gasteiger partial charge on any atom is -0.508 e. The van der Waals surface area contributed by atoms with Crippen molar-refractivity contribution in [3.63, 3.8) is 0 Å². The summed E-state index contributed by atoms with van der Waals surface area (Å²) in [6.45, 7) is 4.51. The number of allylic oxidation sites excluding steroid dienone is 3. The molecule has 0 aliphatic heterocycles. The van der Waals surface area contributed by atoms with Crippen LogP contribution in [0.1, 0.15) is 19.8 Å². The Morgan fingerprint density at radius 1 is 1.75 bits per heavy atom. The number of aliphatic hydroxyl groups excluding tert-OH is 1. The Bertz CT molecular complexity index is 192. The fraction of sp³-hybridized carbons (Fsp3) is 0.600. The molecule has 0 amide bonds. The average molecular weight is 184 g/mol. The van der Waals surface area contributed by atoms with Crippen LogP contribution in [0.2, 0.25) is 0 Å². The van der Waals surface area contributed by atoms with Crippen LogP contribution < -0.4 is 0 Å². The molecule has 0 saturated heterocycles. The number of hydrogen-bond acceptors (Lipinski definition) is 1. The predicted octanol–water partition coefficient (Wildman–Crippen LogP) is 3.09. The van der Waals surface area contributed by atoms with E-state index in [-0.39, 0.29) is 0 Å². The summed E-state index contributed by atoms with van der Waals surface area (Å²) in [5, 5.41) is 9.13. The van der Waals surface area contributed by atoms with E-state index in [9.17, 15) is 0 Å². The first-order valence-electron chi connectivity index (χ1n) is 4.52. The second kappa shape index (κ2) is 4.67. The monoisotopic (exact) mass is 184 g/mol. The molecule has 1 rings (SSSR count). The van der Waals surface area contributed by atoms with E-state index in [0.29, 0.717) is 11.7 Å². The van der Waals surface area contributed by atoms with Crippen molar-refractivity contribution < 1.29 is 5.11 Å². The summed E-state index contributed by atoms with van der Waals surface area (Å²) in [4.78, 5) is 0. The molecule has 1 nitrogen and oxygen atoms in total. The van der Waals surface area contributed by atoms with Crippen molar-refractivity contribution in [1.82, 2.24) is 0 Å². The van der Waals surface area contributed by atoms with Crippen LogP contribution in [0.25, 0.3) is 0 Å². The van der Waals surface area contributed by atoms with Gasteiger partial charge in [-0.3, -0.25) is 0 Å². The van der Waals surface area contributed by atoms with Crippen molar-refractivity contribution >= 4 is 8.58 Å². The van der Waals surface area contributed by atoms with Gasteiger partial charge in [0, 0.05) is 0 Å². The molecule has 0 aromatic carbocycles. The molecule has 12 heavy (non-hydrogen) atoms. The zero-order valence-electron chi connectivity index (χ0n) is 7.75. The normalized spacial score (nSPS) is 26.2. The van der Waals surface area contributed by atoms with Crippen LogP contribution in [0, 0.1) is 5.92 Å². The average Bonchev–Trinajstić information content (AvgIpc) is 2.10. The van der Waals surface area contributed by atoms with Crippen molar-refractivity contribution in [2.75, 3.05) is 6.66 Å². The van der Waals surface area contributed by atoms with Crippen LogP contribution in [0.3, 0.4) is 0 Å². The van der Waals surface area contributed by atoms with Gasteiger partial charge >= 0.3 is 0 Å². The van der Waals surface area contributed by atoms with Gasteiger partial charge in [0.1, 0.15) is 5.76 Å². The lowest BCUT2D eigenvalue weighted by Crippen LogP contribution is -2.14. The summed E-state index contributed by atoms with van der Waals surface area (Å²) in [5.74, 6) is 1.09. The fourth-order valence-electron chi connectivity index (χ4n) is 1.64. The molecule has 1 aliphatic carbocycles. The summed E-state index contributed by atoms with van der Waals surface area (Å²) < 4.78 is 0. The van der Waals surface area contributed by atoms with Gasteiger partial charge in [-0.1, -0.05) is 13.0 Å². The van der Waals surface area contributed by atoms with Gasteiger partial charge in [0.05, 0.1) is 0 Å². The Kier molecular flexibility index (Phi) is 3.81. The molecule has 3 atom stereocenters. The zero-order chi connectivity index (χ0) is 8.97. The standard InChI is InChI=1S/C10H17OP/c1-3-10(12-2)8-4-6-9(11)7-5-8/h4,6-8,10-12H,3,5H2,1-2H3. The topological polar surface area (TPSA) is 20.2 Å². The quantitative estimate of drug-likeness (QED) is 0.668. The molecule has 0 fully saturated rings. The molecule has 68 valence electrons. The van der Waals surface area contributed by atoms with Gasteiger partial charge in [0.25, 0.3) is 0 Å². The van der Waals surface area contributed by atoms with Crippen molar-refractivity contribution in [2.24, 2.45) is 5.92 Å². The van der Waals surface area contributed by atoms with E-state index in [1.54, 1.807) is 0 Å². The maximum Gasteiger partial charge on any atom is 0.111 e. The van der Waals surface area contributed by atoms with E-state index >= 15 is 0 Å². The number of hydrogen-bond donors (Lipinski definition) is 1. The first-order valence-corrected chi connectivity index (χ1v) is 6.10. The smallest absolute Gasteiger partial charge is 0.111 e. The third-order valence-electron chi connectivity index (χ3n) is 2.44. The molecule has 0 aromatic rings. The number of aliphatic hydroxyl groups is 1. The van der Waals surface area contributed by atoms with E-state index in [1.165, 1.54) is 6.42 Å². The second-order valence-electron chi connectivity index (χ2n) is 3.19. The fourth-order valence-corrected chi connectivity index (χ4v) is 2.73. The van der Waals surface area contributed by atoms with Gasteiger partial charge in [0.2, 0.25) is 0 Å². The predicted molar refractivity (Wildman–Crippen MR) is 56.3 cm³/mol. The molecule has 0 radical (unpaired) electrons. The van der Waals surface area contributed by atoms with Gasteiger partial charge in [-0.15, -0.1) is 8.58 Å². The van der Waals surface area contributed by atoms with Gasteiger partial charge in [0.15, 0.2) is 0 Å². The van der Waals surface area contributed by atoms with Crippen LogP contribution in [0.4, 0.5) is 0 Å². The summed E-state index contributed by atoms with van der Waals surface area (Å²) in [5.41, 5.74) is 0.811. The van der Waals surface area contributed by atoms with Crippen molar-refractivity contribution in [1.29, 1.82) is 0 Å². The second-order valence-corrected chi connectivity index (χ2v) is 4.51. The van der Waals surface area contributed by atoms with Crippen molar-refractivity contribution in [3.8, 4) is 0 Å². The maximum atomic E-state index is 9.13. The maximum absolute atomic E-state index is 9.13. The van der Waals surface area contributed by atoms with Gasteiger partial charge in [-0.25, -0.2) is 0 Å². The SMILES string of the molecule is CCC(PC)C1C=CC(O)=CC1. The highest BCUT2D eigenvalue weighted by molar-refractivity contribution is 7.37. The van der Waals surface area contributed by atoms with Crippen LogP contribution in [0.5, 0.6) is 0 Å². The minimum absolute atomic E-state index is 0.431. The highest BCUT2D eigenvalue weighted by Gasteiger charge is 2.16. The lowest BCUT2D eigenvalue weighted by atomic mass is 9.95. The molecule has 1 N–H and O–H groups in total. The first kappa shape index (κ1) is 9.80. The van der Waals surface area contributed by atoms with Crippen LogP contribution in [0.15, 0.2) is 24.0 Å². The Labute approximate surface area is 76.3 Å². The Balaban J connectivity index is 2.51. The summed E-state index contributed by atoms with van der Waals surface area (Å²) in [7, 11) is 1.01. The van der Waals surface area contributed by atoms with Crippen LogP contribution in [-0.4, -0.2) is 17.4 Å². The molecule has 2 heteroatoms. The molecule has 0 heterocycles. The highest BCUT2D eigenvalue weighted by Crippen LogP contribution is 2.31. The van der Waals surface area contributed by atoms with Gasteiger partial charge in [-0.2, -0.15) is 0 Å². The Morgan fingerprint density at radius 3 is 2.92 bits per heavy atom. The van der Waals surface area contributed by atoms with Crippen molar-refractivity contribution in [3.05, 3.63) is 24.0 Å². The lowest BCUT2D eigenvalue weighted by Gasteiger charge is -2.22. The number of rotatable bonds is 3. The Morgan fingerprint density at radius 2 is 2.50 bits per heavy atom. The molecule has 0 aromatic heterocycles. The molecule has 0 bridgehead atoms. The summed E-state index contributed by atoms with van der Waals surface area (Å²) in [6.07, 6.45) is 8.17. The largest absolute Gasteiger partial charge is 0.508 e. The van der Waals surface area contributed by atoms with E-state index in [2.05, 4.69) is 19.7 Å².